The van der Waals surface area contributed by atoms with Crippen molar-refractivity contribution in [3.8, 4) is 0 Å². The van der Waals surface area contributed by atoms with Gasteiger partial charge < -0.3 is 16.0 Å². The van der Waals surface area contributed by atoms with Gasteiger partial charge in [0.05, 0.1) is 5.54 Å². The van der Waals surface area contributed by atoms with E-state index < -0.39 is 5.54 Å². The highest BCUT2D eigenvalue weighted by molar-refractivity contribution is 5.98. The van der Waals surface area contributed by atoms with Crippen molar-refractivity contribution in [2.45, 2.75) is 25.3 Å². The summed E-state index contributed by atoms with van der Waals surface area (Å²) in [7, 11) is 0. The van der Waals surface area contributed by atoms with Crippen LogP contribution in [-0.2, 0) is 4.79 Å². The van der Waals surface area contributed by atoms with E-state index in [0.29, 0.717) is 13.1 Å². The normalized spacial score (nSPS) is 25.0. The largest absolute Gasteiger partial charge is 0.336 e. The summed E-state index contributed by atoms with van der Waals surface area (Å²) in [6, 6.07) is 7.29. The van der Waals surface area contributed by atoms with Crippen molar-refractivity contribution in [3.05, 3.63) is 24.3 Å². The summed E-state index contributed by atoms with van der Waals surface area (Å²) in [6.07, 6.45) is 1.87. The lowest BCUT2D eigenvalue weighted by molar-refractivity contribution is -0.121. The number of carbonyl (C=O) groups is 2. The van der Waals surface area contributed by atoms with Crippen molar-refractivity contribution in [2.24, 2.45) is 0 Å². The lowest BCUT2D eigenvalue weighted by atomic mass is 9.99. The number of hydrogen-bond donors (Lipinski definition) is 3. The molecule has 0 aliphatic carbocycles. The SMILES string of the molecule is CC1(C(=O)Nc2ccc(N3CCNC3=O)cc2)CCCN1. The van der Waals surface area contributed by atoms with Crippen molar-refractivity contribution < 1.29 is 9.59 Å². The maximum atomic E-state index is 12.3. The number of carbonyl (C=O) groups excluding carboxylic acids is 2. The molecule has 3 N–H and O–H groups in total. The minimum absolute atomic E-state index is 0.00772. The molecule has 1 aromatic carbocycles. The summed E-state index contributed by atoms with van der Waals surface area (Å²) < 4.78 is 0. The number of nitrogens with zero attached hydrogens (tertiary/aromatic N) is 1. The third-order valence-corrected chi connectivity index (χ3v) is 4.16. The zero-order chi connectivity index (χ0) is 14.9. The van der Waals surface area contributed by atoms with Crippen LogP contribution in [0.25, 0.3) is 0 Å². The molecular formula is C15H20N4O2. The van der Waals surface area contributed by atoms with E-state index in [9.17, 15) is 9.59 Å². The van der Waals surface area contributed by atoms with Crippen molar-refractivity contribution in [2.75, 3.05) is 29.9 Å². The predicted octanol–water partition coefficient (Wildman–Crippen LogP) is 1.30. The van der Waals surface area contributed by atoms with Crippen LogP contribution in [0, 0.1) is 0 Å². The van der Waals surface area contributed by atoms with Gasteiger partial charge in [0, 0.05) is 24.5 Å². The molecule has 112 valence electrons. The van der Waals surface area contributed by atoms with E-state index in [1.54, 1.807) is 4.90 Å². The Balaban J connectivity index is 1.67. The van der Waals surface area contributed by atoms with Gasteiger partial charge in [0.2, 0.25) is 5.91 Å². The highest BCUT2D eigenvalue weighted by Crippen LogP contribution is 2.23. The van der Waals surface area contributed by atoms with Gasteiger partial charge >= 0.3 is 6.03 Å². The van der Waals surface area contributed by atoms with Crippen molar-refractivity contribution >= 4 is 23.3 Å². The molecule has 0 aromatic heterocycles. The first-order chi connectivity index (χ1) is 10.1. The Morgan fingerprint density at radius 1 is 1.29 bits per heavy atom. The maximum Gasteiger partial charge on any atom is 0.321 e. The van der Waals surface area contributed by atoms with Crippen LogP contribution in [0.2, 0.25) is 0 Å². The molecular weight excluding hydrogens is 268 g/mol. The molecule has 1 aromatic rings. The van der Waals surface area contributed by atoms with Crippen LogP contribution < -0.4 is 20.9 Å². The maximum absolute atomic E-state index is 12.3. The van der Waals surface area contributed by atoms with Gasteiger partial charge in [-0.25, -0.2) is 4.79 Å². The molecule has 6 nitrogen and oxygen atoms in total. The second-order valence-corrected chi connectivity index (χ2v) is 5.75. The molecule has 0 bridgehead atoms. The van der Waals surface area contributed by atoms with E-state index >= 15 is 0 Å². The van der Waals surface area contributed by atoms with Crippen LogP contribution in [0.1, 0.15) is 19.8 Å². The fraction of sp³-hybridized carbons (Fsp3) is 0.467. The number of hydrogen-bond acceptors (Lipinski definition) is 3. The Hall–Kier alpha value is -2.08. The van der Waals surface area contributed by atoms with E-state index in [2.05, 4.69) is 16.0 Å². The Morgan fingerprint density at radius 2 is 2.05 bits per heavy atom. The zero-order valence-electron chi connectivity index (χ0n) is 12.1. The third kappa shape index (κ3) is 2.71. The van der Waals surface area contributed by atoms with E-state index in [1.807, 2.05) is 31.2 Å². The number of amides is 3. The molecule has 0 spiro atoms. The Morgan fingerprint density at radius 3 is 2.62 bits per heavy atom. The molecule has 6 heteroatoms. The Kier molecular flexibility index (Phi) is 3.55. The fourth-order valence-electron chi connectivity index (χ4n) is 2.80. The van der Waals surface area contributed by atoms with Crippen LogP contribution in [0.3, 0.4) is 0 Å². The fourth-order valence-corrected chi connectivity index (χ4v) is 2.80. The molecule has 3 amide bonds. The van der Waals surface area contributed by atoms with Gasteiger partial charge in [-0.3, -0.25) is 9.69 Å². The summed E-state index contributed by atoms with van der Waals surface area (Å²) in [5.74, 6) is -0.00772. The minimum atomic E-state index is -0.479. The summed E-state index contributed by atoms with van der Waals surface area (Å²) in [4.78, 5) is 25.6. The first kappa shape index (κ1) is 13.9. The molecule has 0 radical (unpaired) electrons. The average molecular weight is 288 g/mol. The van der Waals surface area contributed by atoms with Crippen LogP contribution in [0.4, 0.5) is 16.2 Å². The summed E-state index contributed by atoms with van der Waals surface area (Å²) in [5, 5.41) is 8.94. The third-order valence-electron chi connectivity index (χ3n) is 4.16. The summed E-state index contributed by atoms with van der Waals surface area (Å²) >= 11 is 0. The predicted molar refractivity (Wildman–Crippen MR) is 81.5 cm³/mol. The second-order valence-electron chi connectivity index (χ2n) is 5.75. The first-order valence-electron chi connectivity index (χ1n) is 7.30. The molecule has 2 fully saturated rings. The first-order valence-corrected chi connectivity index (χ1v) is 7.30. The minimum Gasteiger partial charge on any atom is -0.336 e. The van der Waals surface area contributed by atoms with E-state index in [1.165, 1.54) is 0 Å². The van der Waals surface area contributed by atoms with Crippen molar-refractivity contribution in [1.82, 2.24) is 10.6 Å². The molecule has 1 atom stereocenters. The highest BCUT2D eigenvalue weighted by Gasteiger charge is 2.35. The molecule has 0 saturated carbocycles. The van der Waals surface area contributed by atoms with Crippen molar-refractivity contribution in [1.29, 1.82) is 0 Å². The Bertz CT molecular complexity index is 549. The second kappa shape index (κ2) is 5.37. The lowest BCUT2D eigenvalue weighted by Gasteiger charge is -2.23. The lowest BCUT2D eigenvalue weighted by Crippen LogP contribution is -2.47. The zero-order valence-corrected chi connectivity index (χ0v) is 12.1. The summed E-state index contributed by atoms with van der Waals surface area (Å²) in [6.45, 7) is 4.15. The number of benzene rings is 1. The van der Waals surface area contributed by atoms with Gasteiger partial charge in [-0.15, -0.1) is 0 Å². The number of urea groups is 1. The molecule has 2 aliphatic rings. The topological polar surface area (TPSA) is 73.5 Å². The molecule has 1 unspecified atom stereocenters. The Labute approximate surface area is 123 Å². The van der Waals surface area contributed by atoms with Crippen LogP contribution in [0.15, 0.2) is 24.3 Å². The standard InChI is InChI=1S/C15H20N4O2/c1-15(7-2-8-17-15)13(20)18-11-3-5-12(6-4-11)19-10-9-16-14(19)21/h3-6,17H,2,7-10H2,1H3,(H,16,21)(H,18,20). The van der Waals surface area contributed by atoms with Gasteiger partial charge in [0.25, 0.3) is 0 Å². The molecule has 21 heavy (non-hydrogen) atoms. The molecule has 3 rings (SSSR count). The quantitative estimate of drug-likeness (QED) is 0.785. The molecule has 2 aliphatic heterocycles. The van der Waals surface area contributed by atoms with Gasteiger partial charge in [-0.1, -0.05) is 0 Å². The van der Waals surface area contributed by atoms with Crippen LogP contribution in [-0.4, -0.2) is 37.1 Å². The van der Waals surface area contributed by atoms with Crippen LogP contribution >= 0.6 is 0 Å². The number of anilines is 2. The number of nitrogens with one attached hydrogen (secondary N) is 3. The average Bonchev–Trinajstić information content (AvgIpc) is 3.09. The number of rotatable bonds is 3. The van der Waals surface area contributed by atoms with Crippen LogP contribution in [0.5, 0.6) is 0 Å². The summed E-state index contributed by atoms with van der Waals surface area (Å²) in [5.41, 5.74) is 1.11. The van der Waals surface area contributed by atoms with Gasteiger partial charge in [-0.2, -0.15) is 0 Å². The van der Waals surface area contributed by atoms with Crippen molar-refractivity contribution in [3.63, 3.8) is 0 Å². The molecule has 2 heterocycles. The van der Waals surface area contributed by atoms with E-state index in [-0.39, 0.29) is 11.9 Å². The van der Waals surface area contributed by atoms with Gasteiger partial charge in [-0.05, 0) is 50.6 Å². The van der Waals surface area contributed by atoms with Gasteiger partial charge in [0.1, 0.15) is 0 Å². The monoisotopic (exact) mass is 288 g/mol. The molecule has 2 saturated heterocycles. The van der Waals surface area contributed by atoms with Gasteiger partial charge in [0.15, 0.2) is 0 Å². The van der Waals surface area contributed by atoms with E-state index in [4.69, 9.17) is 0 Å². The van der Waals surface area contributed by atoms with E-state index in [0.717, 1.165) is 30.8 Å². The smallest absolute Gasteiger partial charge is 0.321 e. The highest BCUT2D eigenvalue weighted by atomic mass is 16.2.